The van der Waals surface area contributed by atoms with E-state index in [1.165, 1.54) is 0 Å². The maximum atomic E-state index is 12.0. The second kappa shape index (κ2) is 6.65. The molecular weight excluding hydrogens is 274 g/mol. The summed E-state index contributed by atoms with van der Waals surface area (Å²) in [5.41, 5.74) is 7.04. The number of hydrogen-bond acceptors (Lipinski definition) is 5. The second-order valence-electron chi connectivity index (χ2n) is 4.72. The van der Waals surface area contributed by atoms with Crippen LogP contribution in [0.15, 0.2) is 18.3 Å². The summed E-state index contributed by atoms with van der Waals surface area (Å²) < 4.78 is 5.15. The number of carbonyl (C=O) groups excluding carboxylic acids is 1. The van der Waals surface area contributed by atoms with Crippen molar-refractivity contribution in [1.29, 1.82) is 0 Å². The van der Waals surface area contributed by atoms with E-state index in [4.69, 9.17) is 22.7 Å². The Morgan fingerprint density at radius 1 is 1.55 bits per heavy atom. The number of piperidine rings is 1. The smallest absolute Gasteiger partial charge is 0.328 e. The molecule has 0 spiro atoms. The molecule has 0 saturated carbocycles. The van der Waals surface area contributed by atoms with Gasteiger partial charge in [-0.05, 0) is 38.3 Å². The average Bonchev–Trinajstić information content (AvgIpc) is 2.47. The van der Waals surface area contributed by atoms with Crippen molar-refractivity contribution >= 4 is 28.9 Å². The number of nitrogens with two attached hydrogens (primary N) is 1. The number of nitrogens with zero attached hydrogens (tertiary/aromatic N) is 2. The summed E-state index contributed by atoms with van der Waals surface area (Å²) in [6, 6.07) is 3.47. The molecular formula is C14H19N3O2S. The first-order valence-corrected chi connectivity index (χ1v) is 7.23. The monoisotopic (exact) mass is 293 g/mol. The number of carbonyl (C=O) groups is 1. The van der Waals surface area contributed by atoms with E-state index < -0.39 is 0 Å². The van der Waals surface area contributed by atoms with Crippen LogP contribution in [0.2, 0.25) is 0 Å². The highest BCUT2D eigenvalue weighted by atomic mass is 32.1. The van der Waals surface area contributed by atoms with Crippen LogP contribution < -0.4 is 10.6 Å². The Hall–Kier alpha value is -1.69. The molecule has 1 unspecified atom stereocenters. The van der Waals surface area contributed by atoms with E-state index in [0.717, 1.165) is 31.5 Å². The lowest BCUT2D eigenvalue weighted by atomic mass is 10.0. The van der Waals surface area contributed by atoms with Gasteiger partial charge in [-0.1, -0.05) is 12.2 Å². The summed E-state index contributed by atoms with van der Waals surface area (Å²) in [5.74, 6) is -0.161. The second-order valence-corrected chi connectivity index (χ2v) is 5.16. The quantitative estimate of drug-likeness (QED) is 0.672. The minimum absolute atomic E-state index is 0.161. The Bertz CT molecular complexity index is 490. The average molecular weight is 293 g/mol. The van der Waals surface area contributed by atoms with Gasteiger partial charge < -0.3 is 15.4 Å². The Morgan fingerprint density at radius 2 is 2.35 bits per heavy atom. The van der Waals surface area contributed by atoms with E-state index in [9.17, 15) is 4.79 Å². The van der Waals surface area contributed by atoms with Crippen LogP contribution in [0, 0.1) is 0 Å². The van der Waals surface area contributed by atoms with Crippen LogP contribution in [0.5, 0.6) is 0 Å². The maximum absolute atomic E-state index is 12.0. The molecule has 0 bridgehead atoms. The molecule has 5 nitrogen and oxygen atoms in total. The van der Waals surface area contributed by atoms with Gasteiger partial charge in [0.1, 0.15) is 11.0 Å². The molecule has 1 fully saturated rings. The summed E-state index contributed by atoms with van der Waals surface area (Å²) in [6.45, 7) is 3.06. The van der Waals surface area contributed by atoms with Gasteiger partial charge in [0.15, 0.2) is 0 Å². The molecule has 1 aromatic heterocycles. The Morgan fingerprint density at radius 3 is 2.95 bits per heavy atom. The number of thiocarbonyl (C=S) groups is 1. The zero-order valence-corrected chi connectivity index (χ0v) is 12.4. The predicted molar refractivity (Wildman–Crippen MR) is 81.7 cm³/mol. The van der Waals surface area contributed by atoms with Gasteiger partial charge >= 0.3 is 5.97 Å². The number of esters is 1. The van der Waals surface area contributed by atoms with Crippen LogP contribution >= 0.6 is 12.2 Å². The van der Waals surface area contributed by atoms with Crippen LogP contribution in [0.4, 0.5) is 5.69 Å². The molecule has 20 heavy (non-hydrogen) atoms. The topological polar surface area (TPSA) is 68.5 Å². The zero-order chi connectivity index (χ0) is 14.5. The molecule has 1 atom stereocenters. The van der Waals surface area contributed by atoms with Crippen LogP contribution in [0.3, 0.4) is 0 Å². The lowest BCUT2D eigenvalue weighted by Gasteiger charge is -2.35. The Labute approximate surface area is 124 Å². The molecule has 2 rings (SSSR count). The molecule has 108 valence electrons. The number of anilines is 1. The van der Waals surface area contributed by atoms with E-state index in [1.54, 1.807) is 12.3 Å². The fraction of sp³-hybridized carbons (Fsp3) is 0.500. The number of hydrogen-bond donors (Lipinski definition) is 1. The van der Waals surface area contributed by atoms with Gasteiger partial charge in [-0.2, -0.15) is 0 Å². The highest BCUT2D eigenvalue weighted by Crippen LogP contribution is 2.25. The molecule has 6 heteroatoms. The van der Waals surface area contributed by atoms with Crippen molar-refractivity contribution in [2.24, 2.45) is 5.73 Å². The third-order valence-electron chi connectivity index (χ3n) is 3.39. The molecule has 1 aliphatic heterocycles. The van der Waals surface area contributed by atoms with Crippen LogP contribution in [-0.4, -0.2) is 35.1 Å². The molecule has 0 aliphatic carbocycles. The number of pyridine rings is 1. The van der Waals surface area contributed by atoms with Crippen molar-refractivity contribution in [2.75, 3.05) is 18.1 Å². The number of rotatable bonds is 4. The van der Waals surface area contributed by atoms with E-state index >= 15 is 0 Å². The molecule has 0 aromatic carbocycles. The normalized spacial score (nSPS) is 18.6. The third-order valence-corrected chi connectivity index (χ3v) is 3.60. The molecule has 2 heterocycles. The van der Waals surface area contributed by atoms with E-state index in [-0.39, 0.29) is 17.0 Å². The summed E-state index contributed by atoms with van der Waals surface area (Å²) in [6.07, 6.45) is 4.63. The van der Waals surface area contributed by atoms with Gasteiger partial charge in [-0.25, -0.2) is 4.79 Å². The molecule has 2 N–H and O–H groups in total. The van der Waals surface area contributed by atoms with E-state index in [1.807, 2.05) is 13.0 Å². The first kappa shape index (κ1) is 14.7. The summed E-state index contributed by atoms with van der Waals surface area (Å²) in [7, 11) is 0. The zero-order valence-electron chi connectivity index (χ0n) is 11.5. The molecule has 1 saturated heterocycles. The van der Waals surface area contributed by atoms with Gasteiger partial charge in [0.05, 0.1) is 24.2 Å². The lowest BCUT2D eigenvalue weighted by molar-refractivity contribution is -0.145. The van der Waals surface area contributed by atoms with Crippen molar-refractivity contribution in [3.63, 3.8) is 0 Å². The Balaban J connectivity index is 2.18. The molecule has 0 radical (unpaired) electrons. The van der Waals surface area contributed by atoms with Crippen molar-refractivity contribution < 1.29 is 9.53 Å². The van der Waals surface area contributed by atoms with Crippen LogP contribution in [0.1, 0.15) is 31.9 Å². The number of ether oxygens (including phenoxy) is 1. The first-order chi connectivity index (χ1) is 9.63. The van der Waals surface area contributed by atoms with Gasteiger partial charge in [-0.3, -0.25) is 4.98 Å². The highest BCUT2D eigenvalue weighted by Gasteiger charge is 2.30. The van der Waals surface area contributed by atoms with Gasteiger partial charge in [0, 0.05) is 6.54 Å². The van der Waals surface area contributed by atoms with E-state index in [0.29, 0.717) is 12.3 Å². The minimum atomic E-state index is -0.221. The van der Waals surface area contributed by atoms with Gasteiger partial charge in [0.25, 0.3) is 0 Å². The fourth-order valence-electron chi connectivity index (χ4n) is 2.43. The summed E-state index contributed by atoms with van der Waals surface area (Å²) >= 11 is 4.89. The standard InChI is InChI=1S/C14H19N3O2S/c1-2-19-14(18)12-5-3-4-8-17(12)10-6-7-11(13(15)20)16-9-10/h6-7,9,12H,2-5,8H2,1H3,(H2,15,20). The van der Waals surface area contributed by atoms with Gasteiger partial charge in [0.2, 0.25) is 0 Å². The first-order valence-electron chi connectivity index (χ1n) is 6.82. The molecule has 1 aromatic rings. The SMILES string of the molecule is CCOC(=O)C1CCCCN1c1ccc(C(N)=S)nc1. The van der Waals surface area contributed by atoms with Crippen molar-refractivity contribution in [1.82, 2.24) is 4.98 Å². The molecule has 1 aliphatic rings. The van der Waals surface area contributed by atoms with Crippen LogP contribution in [0.25, 0.3) is 0 Å². The number of aromatic nitrogens is 1. The van der Waals surface area contributed by atoms with Crippen molar-refractivity contribution in [3.05, 3.63) is 24.0 Å². The highest BCUT2D eigenvalue weighted by molar-refractivity contribution is 7.80. The Kier molecular flexibility index (Phi) is 4.89. The predicted octanol–water partition coefficient (Wildman–Crippen LogP) is 1.64. The minimum Gasteiger partial charge on any atom is -0.464 e. The van der Waals surface area contributed by atoms with E-state index in [2.05, 4.69) is 9.88 Å². The summed E-state index contributed by atoms with van der Waals surface area (Å²) in [5, 5.41) is 0. The maximum Gasteiger partial charge on any atom is 0.328 e. The molecule has 0 amide bonds. The van der Waals surface area contributed by atoms with Crippen molar-refractivity contribution in [2.45, 2.75) is 32.2 Å². The van der Waals surface area contributed by atoms with Crippen molar-refractivity contribution in [3.8, 4) is 0 Å². The largest absolute Gasteiger partial charge is 0.464 e. The fourth-order valence-corrected chi connectivity index (χ4v) is 2.55. The van der Waals surface area contributed by atoms with Crippen LogP contribution in [-0.2, 0) is 9.53 Å². The van der Waals surface area contributed by atoms with Gasteiger partial charge in [-0.15, -0.1) is 0 Å². The lowest BCUT2D eigenvalue weighted by Crippen LogP contribution is -2.45. The third kappa shape index (κ3) is 3.25. The summed E-state index contributed by atoms with van der Waals surface area (Å²) in [4.78, 5) is 18.6.